The van der Waals surface area contributed by atoms with Gasteiger partial charge in [0.25, 0.3) is 0 Å². The SMILES string of the molecule is CCCc1c(C2=C(O)CC(CCc3ccccc3)(CCc3ccccc3)OC2=O)cccc1N1C=Nc2nc[nH]c2C1S(N)(=O)=O. The van der Waals surface area contributed by atoms with Gasteiger partial charge >= 0.3 is 5.97 Å². The van der Waals surface area contributed by atoms with Crippen LogP contribution in [0, 0.1) is 0 Å². The van der Waals surface area contributed by atoms with Crippen LogP contribution in [0.1, 0.15) is 65.9 Å². The molecule has 0 radical (unpaired) electrons. The Balaban J connectivity index is 1.39. The van der Waals surface area contributed by atoms with Crippen molar-refractivity contribution in [2.45, 2.75) is 62.8 Å². The number of hydrogen-bond donors (Lipinski definition) is 3. The van der Waals surface area contributed by atoms with E-state index in [-0.39, 0.29) is 29.3 Å². The molecule has 4 N–H and O–H groups in total. The maximum Gasteiger partial charge on any atom is 0.342 e. The van der Waals surface area contributed by atoms with Crippen LogP contribution in [-0.4, -0.2) is 41.4 Å². The van der Waals surface area contributed by atoms with E-state index in [1.807, 2.05) is 67.6 Å². The Kier molecular flexibility index (Phi) is 8.79. The van der Waals surface area contributed by atoms with Crippen molar-refractivity contribution in [3.8, 4) is 0 Å². The van der Waals surface area contributed by atoms with Gasteiger partial charge in [0, 0.05) is 12.1 Å². The van der Waals surface area contributed by atoms with Gasteiger partial charge in [0.05, 0.1) is 12.7 Å². The summed E-state index contributed by atoms with van der Waals surface area (Å²) < 4.78 is 32.1. The van der Waals surface area contributed by atoms with Crippen molar-refractivity contribution < 1.29 is 23.1 Å². The van der Waals surface area contributed by atoms with Gasteiger partial charge in [-0.25, -0.2) is 28.3 Å². The molecular formula is C35H37N5O5S. The molecule has 1 aromatic heterocycles. The number of esters is 1. The Labute approximate surface area is 268 Å². The van der Waals surface area contributed by atoms with E-state index in [9.17, 15) is 18.3 Å². The molecule has 0 aliphatic carbocycles. The summed E-state index contributed by atoms with van der Waals surface area (Å²) in [5.74, 6) is -0.411. The van der Waals surface area contributed by atoms with E-state index in [0.717, 1.165) is 11.1 Å². The number of primary sulfonamides is 1. The standard InChI is InChI=1S/C35H37N5O5S/c1-2-10-26-27(15-9-16-28(26)40-23-39-32-31(37-22-38-32)33(40)46(36,43)44)30-29(41)21-35(45-34(30)42,19-17-24-11-5-3-6-12-24)20-18-25-13-7-4-8-14-25/h3-9,11-16,22-23,33,41H,2,10,17-21H2,1H3,(H,37,38)(H2,36,43,44). The van der Waals surface area contributed by atoms with Gasteiger partial charge in [-0.15, -0.1) is 0 Å². The number of aryl methyl sites for hydroxylation is 2. The van der Waals surface area contributed by atoms with Crippen LogP contribution in [0.4, 0.5) is 11.5 Å². The third-order valence-corrected chi connectivity index (χ3v) is 9.76. The van der Waals surface area contributed by atoms with Crippen LogP contribution in [0.25, 0.3) is 5.57 Å². The molecule has 6 rings (SSSR count). The first kappa shape index (κ1) is 31.3. The molecule has 0 amide bonds. The number of aromatic nitrogens is 2. The summed E-state index contributed by atoms with van der Waals surface area (Å²) >= 11 is 0. The fourth-order valence-corrected chi connectivity index (χ4v) is 7.46. The number of aliphatic imine (C=N–C) groups is 1. The molecule has 4 aromatic rings. The molecule has 238 valence electrons. The number of fused-ring (bicyclic) bond motifs is 1. The zero-order valence-electron chi connectivity index (χ0n) is 25.6. The van der Waals surface area contributed by atoms with Gasteiger partial charge in [0.15, 0.2) is 11.2 Å². The highest BCUT2D eigenvalue weighted by Gasteiger charge is 2.43. The summed E-state index contributed by atoms with van der Waals surface area (Å²) in [7, 11) is -4.16. The van der Waals surface area contributed by atoms with Gasteiger partial charge < -0.3 is 19.7 Å². The van der Waals surface area contributed by atoms with Crippen molar-refractivity contribution in [1.82, 2.24) is 9.97 Å². The fraction of sp³-hybridized carbons (Fsp3) is 0.286. The van der Waals surface area contributed by atoms with Crippen molar-refractivity contribution in [3.05, 3.63) is 119 Å². The Morgan fingerprint density at radius 3 is 2.22 bits per heavy atom. The number of hydrogen-bond acceptors (Lipinski definition) is 8. The smallest absolute Gasteiger partial charge is 0.342 e. The molecule has 0 saturated heterocycles. The number of carbonyl (C=O) groups is 1. The normalized spacial score (nSPS) is 17.6. The van der Waals surface area contributed by atoms with E-state index >= 15 is 0 Å². The molecule has 1 unspecified atom stereocenters. The zero-order chi connectivity index (χ0) is 32.3. The number of H-pyrrole nitrogens is 1. The molecule has 46 heavy (non-hydrogen) atoms. The molecule has 3 aromatic carbocycles. The Hall–Kier alpha value is -4.74. The Morgan fingerprint density at radius 1 is 0.978 bits per heavy atom. The third-order valence-electron chi connectivity index (χ3n) is 8.68. The first-order valence-corrected chi connectivity index (χ1v) is 17.0. The van der Waals surface area contributed by atoms with E-state index < -0.39 is 27.0 Å². The van der Waals surface area contributed by atoms with Crippen molar-refractivity contribution in [2.75, 3.05) is 4.90 Å². The Bertz CT molecular complexity index is 1840. The van der Waals surface area contributed by atoms with Gasteiger partial charge in [-0.3, -0.25) is 0 Å². The number of benzene rings is 3. The first-order valence-electron chi connectivity index (χ1n) is 15.4. The summed E-state index contributed by atoms with van der Waals surface area (Å²) in [4.78, 5) is 26.8. The predicted molar refractivity (Wildman–Crippen MR) is 178 cm³/mol. The molecule has 0 saturated carbocycles. The van der Waals surface area contributed by atoms with Crippen molar-refractivity contribution >= 4 is 39.4 Å². The second-order valence-electron chi connectivity index (χ2n) is 11.8. The van der Waals surface area contributed by atoms with E-state index in [0.29, 0.717) is 55.3 Å². The van der Waals surface area contributed by atoms with Gasteiger partial charge in [-0.2, -0.15) is 0 Å². The summed E-state index contributed by atoms with van der Waals surface area (Å²) in [5.41, 5.74) is 3.33. The minimum atomic E-state index is -4.16. The molecule has 2 aliphatic rings. The van der Waals surface area contributed by atoms with Gasteiger partial charge in [-0.1, -0.05) is 86.1 Å². The number of rotatable bonds is 11. The largest absolute Gasteiger partial charge is 0.511 e. The lowest BCUT2D eigenvalue weighted by atomic mass is 9.81. The number of aromatic amines is 1. The lowest BCUT2D eigenvalue weighted by Crippen LogP contribution is -2.41. The highest BCUT2D eigenvalue weighted by Crippen LogP contribution is 2.44. The third kappa shape index (κ3) is 6.33. The molecular weight excluding hydrogens is 602 g/mol. The lowest BCUT2D eigenvalue weighted by molar-refractivity contribution is -0.157. The number of ether oxygens (including phenoxy) is 1. The monoisotopic (exact) mass is 639 g/mol. The summed E-state index contributed by atoms with van der Waals surface area (Å²) in [6.45, 7) is 1.99. The average Bonchev–Trinajstić information content (AvgIpc) is 3.52. The number of sulfonamides is 1. The average molecular weight is 640 g/mol. The van der Waals surface area contributed by atoms with Crippen LogP contribution < -0.4 is 10.0 Å². The summed E-state index contributed by atoms with van der Waals surface area (Å²) in [5, 5.41) is 16.1. The van der Waals surface area contributed by atoms with Crippen LogP contribution in [-0.2, 0) is 38.8 Å². The second-order valence-corrected chi connectivity index (χ2v) is 13.5. The van der Waals surface area contributed by atoms with Gasteiger partial charge in [0.1, 0.15) is 22.6 Å². The minimum absolute atomic E-state index is 0.0435. The van der Waals surface area contributed by atoms with Crippen molar-refractivity contribution in [2.24, 2.45) is 10.1 Å². The number of anilines is 1. The fourth-order valence-electron chi connectivity index (χ4n) is 6.47. The van der Waals surface area contributed by atoms with Crippen LogP contribution in [0.3, 0.4) is 0 Å². The van der Waals surface area contributed by atoms with Crippen LogP contribution >= 0.6 is 0 Å². The minimum Gasteiger partial charge on any atom is -0.511 e. The molecule has 0 fully saturated rings. The van der Waals surface area contributed by atoms with Gasteiger partial charge in [0.2, 0.25) is 10.0 Å². The molecule has 0 bridgehead atoms. The number of nitrogens with one attached hydrogen (secondary N) is 1. The molecule has 2 aliphatic heterocycles. The highest BCUT2D eigenvalue weighted by atomic mass is 32.2. The number of aliphatic hydroxyl groups excluding tert-OH is 1. The number of cyclic esters (lactones) is 1. The summed E-state index contributed by atoms with van der Waals surface area (Å²) in [6, 6.07) is 25.3. The molecule has 3 heterocycles. The van der Waals surface area contributed by atoms with E-state index in [1.165, 1.54) is 17.6 Å². The number of carbonyl (C=O) groups excluding carboxylic acids is 1. The van der Waals surface area contributed by atoms with Gasteiger partial charge in [-0.05, 0) is 60.4 Å². The quantitative estimate of drug-likeness (QED) is 0.169. The number of nitrogens with zero attached hydrogens (tertiary/aromatic N) is 3. The second kappa shape index (κ2) is 12.9. The summed E-state index contributed by atoms with van der Waals surface area (Å²) in [6.07, 6.45) is 6.54. The van der Waals surface area contributed by atoms with E-state index in [2.05, 4.69) is 15.0 Å². The van der Waals surface area contributed by atoms with E-state index in [4.69, 9.17) is 9.88 Å². The van der Waals surface area contributed by atoms with Crippen LogP contribution in [0.15, 0.2) is 95.9 Å². The van der Waals surface area contributed by atoms with Crippen LogP contribution in [0.2, 0.25) is 0 Å². The molecule has 10 nitrogen and oxygen atoms in total. The van der Waals surface area contributed by atoms with Crippen molar-refractivity contribution in [3.63, 3.8) is 0 Å². The van der Waals surface area contributed by atoms with Crippen LogP contribution in [0.5, 0.6) is 0 Å². The van der Waals surface area contributed by atoms with Crippen molar-refractivity contribution in [1.29, 1.82) is 0 Å². The maximum atomic E-state index is 14.0. The molecule has 1 atom stereocenters. The predicted octanol–water partition coefficient (Wildman–Crippen LogP) is 6.05. The van der Waals surface area contributed by atoms with E-state index in [1.54, 1.807) is 18.2 Å². The zero-order valence-corrected chi connectivity index (χ0v) is 26.4. The topological polar surface area (TPSA) is 151 Å². The number of nitrogens with two attached hydrogens (primary N) is 1. The Morgan fingerprint density at radius 2 is 1.63 bits per heavy atom. The number of imidazole rings is 1. The lowest BCUT2D eigenvalue weighted by Gasteiger charge is -2.38. The maximum absolute atomic E-state index is 14.0. The molecule has 0 spiro atoms. The number of aliphatic hydroxyl groups is 1. The molecule has 11 heteroatoms. The first-order chi connectivity index (χ1) is 22.2. The highest BCUT2D eigenvalue weighted by molar-refractivity contribution is 7.89.